The minimum atomic E-state index is -0.110. The molecule has 1 aromatic heterocycles. The molecule has 1 amide bonds. The maximum absolute atomic E-state index is 11.8. The third-order valence-electron chi connectivity index (χ3n) is 2.11. The molecule has 2 aromatic rings. The molecule has 18 heavy (non-hydrogen) atoms. The van der Waals surface area contributed by atoms with Crippen LogP contribution in [0.3, 0.4) is 0 Å². The van der Waals surface area contributed by atoms with E-state index < -0.39 is 0 Å². The standard InChI is InChI=1S/C11H10ClN3OS2/c1-17-11-15-14-10(18-11)13-9(16)6-7-2-4-8(12)5-3-7/h2-5H,6H2,1H3,(H,13,14,16). The zero-order valence-electron chi connectivity index (χ0n) is 9.51. The average molecular weight is 300 g/mol. The Kier molecular flexibility index (Phi) is 4.57. The average Bonchev–Trinajstić information content (AvgIpc) is 2.79. The van der Waals surface area contributed by atoms with Crippen molar-refractivity contribution in [1.29, 1.82) is 0 Å². The minimum absolute atomic E-state index is 0.110. The van der Waals surface area contributed by atoms with Gasteiger partial charge in [-0.25, -0.2) is 0 Å². The largest absolute Gasteiger partial charge is 0.300 e. The van der Waals surface area contributed by atoms with Crippen molar-refractivity contribution in [3.05, 3.63) is 34.9 Å². The summed E-state index contributed by atoms with van der Waals surface area (Å²) in [5.41, 5.74) is 0.909. The molecule has 4 nitrogen and oxygen atoms in total. The van der Waals surface area contributed by atoms with Gasteiger partial charge in [0.1, 0.15) is 0 Å². The SMILES string of the molecule is CSc1nnc(NC(=O)Cc2ccc(Cl)cc2)s1. The van der Waals surface area contributed by atoms with Crippen LogP contribution in [0.2, 0.25) is 5.02 Å². The molecule has 0 unspecified atom stereocenters. The smallest absolute Gasteiger partial charge is 0.230 e. The molecule has 0 fully saturated rings. The molecule has 7 heteroatoms. The zero-order chi connectivity index (χ0) is 13.0. The Morgan fingerprint density at radius 2 is 2.11 bits per heavy atom. The van der Waals surface area contributed by atoms with Crippen LogP contribution in [0, 0.1) is 0 Å². The van der Waals surface area contributed by atoms with Gasteiger partial charge in [-0.3, -0.25) is 4.79 Å². The highest BCUT2D eigenvalue weighted by molar-refractivity contribution is 8.00. The molecule has 0 spiro atoms. The molecule has 2 rings (SSSR count). The van der Waals surface area contributed by atoms with E-state index in [9.17, 15) is 4.79 Å². The van der Waals surface area contributed by atoms with E-state index in [1.165, 1.54) is 23.1 Å². The van der Waals surface area contributed by atoms with Crippen molar-refractivity contribution >= 4 is 45.7 Å². The fourth-order valence-corrected chi connectivity index (χ4v) is 2.61. The summed E-state index contributed by atoms with van der Waals surface area (Å²) in [7, 11) is 0. The fourth-order valence-electron chi connectivity index (χ4n) is 1.29. The van der Waals surface area contributed by atoms with Gasteiger partial charge in [0.05, 0.1) is 6.42 Å². The van der Waals surface area contributed by atoms with Gasteiger partial charge in [0.2, 0.25) is 11.0 Å². The fraction of sp³-hybridized carbons (Fsp3) is 0.182. The normalized spacial score (nSPS) is 10.3. The number of anilines is 1. The Bertz CT molecular complexity index is 541. The minimum Gasteiger partial charge on any atom is -0.300 e. The van der Waals surface area contributed by atoms with Gasteiger partial charge >= 0.3 is 0 Å². The van der Waals surface area contributed by atoms with E-state index >= 15 is 0 Å². The van der Waals surface area contributed by atoms with E-state index in [4.69, 9.17) is 11.6 Å². The van der Waals surface area contributed by atoms with Crippen LogP contribution in [0.25, 0.3) is 0 Å². The second-order valence-corrected chi connectivity index (χ2v) is 5.90. The Hall–Kier alpha value is -1.11. The summed E-state index contributed by atoms with van der Waals surface area (Å²) in [5.74, 6) is -0.110. The zero-order valence-corrected chi connectivity index (χ0v) is 11.9. The summed E-state index contributed by atoms with van der Waals surface area (Å²) in [4.78, 5) is 11.8. The maximum Gasteiger partial charge on any atom is 0.230 e. The summed E-state index contributed by atoms with van der Waals surface area (Å²) in [6.07, 6.45) is 2.21. The van der Waals surface area contributed by atoms with E-state index in [0.717, 1.165) is 9.90 Å². The molecule has 0 saturated carbocycles. The van der Waals surface area contributed by atoms with E-state index in [1.54, 1.807) is 12.1 Å². The van der Waals surface area contributed by atoms with Gasteiger partial charge in [-0.15, -0.1) is 10.2 Å². The third kappa shape index (κ3) is 3.69. The predicted molar refractivity (Wildman–Crippen MR) is 75.5 cm³/mol. The number of benzene rings is 1. The molecule has 0 bridgehead atoms. The Morgan fingerprint density at radius 3 is 2.72 bits per heavy atom. The van der Waals surface area contributed by atoms with Gasteiger partial charge in [-0.05, 0) is 24.0 Å². The molecule has 1 aromatic carbocycles. The van der Waals surface area contributed by atoms with Crippen LogP contribution in [0.4, 0.5) is 5.13 Å². The number of hydrogen-bond acceptors (Lipinski definition) is 5. The first-order valence-electron chi connectivity index (χ1n) is 5.09. The molecule has 0 saturated heterocycles. The van der Waals surface area contributed by atoms with Crippen molar-refractivity contribution in [1.82, 2.24) is 10.2 Å². The number of amides is 1. The van der Waals surface area contributed by atoms with E-state index in [-0.39, 0.29) is 5.91 Å². The van der Waals surface area contributed by atoms with E-state index in [2.05, 4.69) is 15.5 Å². The highest BCUT2D eigenvalue weighted by Gasteiger charge is 2.08. The van der Waals surface area contributed by atoms with Crippen molar-refractivity contribution < 1.29 is 4.79 Å². The maximum atomic E-state index is 11.8. The number of thioether (sulfide) groups is 1. The number of hydrogen-bond donors (Lipinski definition) is 1. The first kappa shape index (κ1) is 13.3. The van der Waals surface area contributed by atoms with E-state index in [0.29, 0.717) is 16.6 Å². The third-order valence-corrected chi connectivity index (χ3v) is 4.17. The number of rotatable bonds is 4. The topological polar surface area (TPSA) is 54.9 Å². The van der Waals surface area contributed by atoms with Crippen LogP contribution in [-0.4, -0.2) is 22.4 Å². The predicted octanol–water partition coefficient (Wildman–Crippen LogP) is 3.09. The van der Waals surface area contributed by atoms with Gasteiger partial charge in [0, 0.05) is 5.02 Å². The van der Waals surface area contributed by atoms with E-state index in [1.807, 2.05) is 18.4 Å². The summed E-state index contributed by atoms with van der Waals surface area (Å²) < 4.78 is 0.830. The summed E-state index contributed by atoms with van der Waals surface area (Å²) in [6, 6.07) is 7.19. The van der Waals surface area contributed by atoms with Crippen LogP contribution in [-0.2, 0) is 11.2 Å². The Morgan fingerprint density at radius 1 is 1.39 bits per heavy atom. The second-order valence-electron chi connectivity index (χ2n) is 3.43. The number of nitrogens with one attached hydrogen (secondary N) is 1. The van der Waals surface area contributed by atoms with Crippen LogP contribution in [0.15, 0.2) is 28.6 Å². The van der Waals surface area contributed by atoms with Crippen molar-refractivity contribution in [3.8, 4) is 0 Å². The lowest BCUT2D eigenvalue weighted by Crippen LogP contribution is -2.14. The molecule has 0 aliphatic rings. The molecular formula is C11H10ClN3OS2. The summed E-state index contributed by atoms with van der Waals surface area (Å²) >= 11 is 8.64. The molecule has 1 N–H and O–H groups in total. The lowest BCUT2D eigenvalue weighted by Gasteiger charge is -2.01. The lowest BCUT2D eigenvalue weighted by molar-refractivity contribution is -0.115. The first-order valence-corrected chi connectivity index (χ1v) is 7.51. The first-order chi connectivity index (χ1) is 8.67. The molecule has 1 heterocycles. The Balaban J connectivity index is 1.94. The highest BCUT2D eigenvalue weighted by atomic mass is 35.5. The van der Waals surface area contributed by atoms with Crippen molar-refractivity contribution in [2.75, 3.05) is 11.6 Å². The molecule has 0 aliphatic carbocycles. The van der Waals surface area contributed by atoms with Crippen molar-refractivity contribution in [2.45, 2.75) is 10.8 Å². The monoisotopic (exact) mass is 299 g/mol. The molecule has 0 radical (unpaired) electrons. The van der Waals surface area contributed by atoms with Gasteiger partial charge in [-0.1, -0.05) is 46.8 Å². The van der Waals surface area contributed by atoms with Crippen molar-refractivity contribution in [3.63, 3.8) is 0 Å². The van der Waals surface area contributed by atoms with Gasteiger partial charge < -0.3 is 5.32 Å². The van der Waals surface area contributed by atoms with Gasteiger partial charge in [0.25, 0.3) is 0 Å². The Labute approximate surface area is 118 Å². The lowest BCUT2D eigenvalue weighted by atomic mass is 10.1. The number of nitrogens with zero attached hydrogens (tertiary/aromatic N) is 2. The molecule has 0 aliphatic heterocycles. The van der Waals surface area contributed by atoms with Crippen molar-refractivity contribution in [2.24, 2.45) is 0 Å². The summed E-state index contributed by atoms with van der Waals surface area (Å²) in [5, 5.41) is 11.7. The quantitative estimate of drug-likeness (QED) is 0.696. The number of carbonyl (C=O) groups excluding carboxylic acids is 1. The molecule has 94 valence electrons. The number of aromatic nitrogens is 2. The van der Waals surface area contributed by atoms with Crippen LogP contribution >= 0.6 is 34.7 Å². The second kappa shape index (κ2) is 6.17. The number of carbonyl (C=O) groups is 1. The van der Waals surface area contributed by atoms with Crippen LogP contribution < -0.4 is 5.32 Å². The highest BCUT2D eigenvalue weighted by Crippen LogP contribution is 2.23. The van der Waals surface area contributed by atoms with Crippen LogP contribution in [0.5, 0.6) is 0 Å². The van der Waals surface area contributed by atoms with Gasteiger partial charge in [0.15, 0.2) is 4.34 Å². The molecular weight excluding hydrogens is 290 g/mol. The molecule has 0 atom stereocenters. The van der Waals surface area contributed by atoms with Gasteiger partial charge in [-0.2, -0.15) is 0 Å². The summed E-state index contributed by atoms with van der Waals surface area (Å²) in [6.45, 7) is 0. The number of halogens is 1. The van der Waals surface area contributed by atoms with Crippen LogP contribution in [0.1, 0.15) is 5.56 Å².